The predicted octanol–water partition coefficient (Wildman–Crippen LogP) is 3.69. The van der Waals surface area contributed by atoms with E-state index in [1.807, 2.05) is 0 Å². The van der Waals surface area contributed by atoms with Gasteiger partial charge in [-0.1, -0.05) is 35.5 Å². The topological polar surface area (TPSA) is 81.4 Å². The molecule has 0 aliphatic rings. The van der Waals surface area contributed by atoms with E-state index in [-0.39, 0.29) is 29.3 Å². The average molecular weight is 335 g/mol. The van der Waals surface area contributed by atoms with E-state index in [4.69, 9.17) is 20.9 Å². The number of ether oxygens (including phenoxy) is 1. The molecule has 0 atom stereocenters. The van der Waals surface area contributed by atoms with Crippen LogP contribution in [0.2, 0.25) is 5.02 Å². The van der Waals surface area contributed by atoms with E-state index in [1.54, 1.807) is 31.2 Å². The van der Waals surface area contributed by atoms with Crippen molar-refractivity contribution in [3.63, 3.8) is 0 Å². The largest absolute Gasteiger partial charge is 0.462 e. The Morgan fingerprint density at radius 3 is 2.57 bits per heavy atom. The Morgan fingerprint density at radius 1 is 1.35 bits per heavy atom. The molecule has 1 heterocycles. The van der Waals surface area contributed by atoms with Crippen LogP contribution >= 0.6 is 11.6 Å². The Kier molecular flexibility index (Phi) is 5.18. The number of amides is 1. The highest BCUT2D eigenvalue weighted by Crippen LogP contribution is 2.30. The summed E-state index contributed by atoms with van der Waals surface area (Å²) in [5.41, 5.74) is 1.18. The van der Waals surface area contributed by atoms with E-state index in [1.165, 1.54) is 6.92 Å². The van der Waals surface area contributed by atoms with E-state index >= 15 is 0 Å². The van der Waals surface area contributed by atoms with E-state index < -0.39 is 11.9 Å². The van der Waals surface area contributed by atoms with Gasteiger partial charge in [0, 0.05) is 16.2 Å². The van der Waals surface area contributed by atoms with Crippen molar-refractivity contribution < 1.29 is 18.8 Å². The number of anilines is 1. The number of benzene rings is 1. The molecule has 2 aromatic rings. The smallest absolute Gasteiger partial charge is 0.346 e. The number of hydrogen-bond donors (Lipinski definition) is 1. The highest BCUT2D eigenvalue weighted by molar-refractivity contribution is 6.30. The first-order valence-corrected chi connectivity index (χ1v) is 7.21. The molecule has 0 radical (unpaired) electrons. The van der Waals surface area contributed by atoms with Crippen molar-refractivity contribution in [3.05, 3.63) is 47.0 Å². The standard InChI is InChI=1S/C16H15ClN2O4/c1-4-22-16(21)12-13(10-5-7-11(17)8-6-10)19-23-15(12)18-14(20)9(2)3/h5-8H,2,4H2,1,3H3,(H,18,20). The fourth-order valence-corrected chi connectivity index (χ4v) is 1.91. The van der Waals surface area contributed by atoms with Crippen LogP contribution in [0.3, 0.4) is 0 Å². The van der Waals surface area contributed by atoms with Gasteiger partial charge in [-0.05, 0) is 26.0 Å². The molecule has 0 spiro atoms. The predicted molar refractivity (Wildman–Crippen MR) is 86.3 cm³/mol. The maximum atomic E-state index is 12.2. The van der Waals surface area contributed by atoms with Gasteiger partial charge in [-0.25, -0.2) is 4.79 Å². The van der Waals surface area contributed by atoms with Gasteiger partial charge in [0.1, 0.15) is 5.69 Å². The van der Waals surface area contributed by atoms with Gasteiger partial charge in [-0.3, -0.25) is 10.1 Å². The van der Waals surface area contributed by atoms with Crippen LogP contribution in [0.25, 0.3) is 11.3 Å². The second-order valence-electron chi connectivity index (χ2n) is 4.70. The van der Waals surface area contributed by atoms with Crippen LogP contribution in [0.5, 0.6) is 0 Å². The second-order valence-corrected chi connectivity index (χ2v) is 5.13. The Labute approximate surface area is 138 Å². The molecule has 2 rings (SSSR count). The highest BCUT2D eigenvalue weighted by atomic mass is 35.5. The molecule has 0 unspecified atom stereocenters. The van der Waals surface area contributed by atoms with Crippen molar-refractivity contribution in [2.45, 2.75) is 13.8 Å². The summed E-state index contributed by atoms with van der Waals surface area (Å²) in [5.74, 6) is -1.20. The van der Waals surface area contributed by atoms with Crippen LogP contribution in [-0.4, -0.2) is 23.6 Å². The summed E-state index contributed by atoms with van der Waals surface area (Å²) in [7, 11) is 0. The number of hydrogen-bond acceptors (Lipinski definition) is 5. The number of carbonyl (C=O) groups excluding carboxylic acids is 2. The third-order valence-electron chi connectivity index (χ3n) is 2.90. The van der Waals surface area contributed by atoms with E-state index in [0.29, 0.717) is 10.6 Å². The third kappa shape index (κ3) is 3.78. The summed E-state index contributed by atoms with van der Waals surface area (Å²) < 4.78 is 10.1. The van der Waals surface area contributed by atoms with Gasteiger partial charge < -0.3 is 9.26 Å². The molecular formula is C16H15ClN2O4. The van der Waals surface area contributed by atoms with Gasteiger partial charge in [-0.2, -0.15) is 0 Å². The van der Waals surface area contributed by atoms with Gasteiger partial charge in [0.15, 0.2) is 5.56 Å². The molecule has 1 N–H and O–H groups in total. The minimum absolute atomic E-state index is 0.0452. The zero-order chi connectivity index (χ0) is 17.0. The molecule has 1 aromatic heterocycles. The van der Waals surface area contributed by atoms with Gasteiger partial charge >= 0.3 is 5.97 Å². The molecule has 120 valence electrons. The van der Waals surface area contributed by atoms with E-state index in [9.17, 15) is 9.59 Å². The second kappa shape index (κ2) is 7.11. The number of esters is 1. The molecule has 1 amide bonds. The Hall–Kier alpha value is -2.60. The molecule has 0 aliphatic carbocycles. The fourth-order valence-electron chi connectivity index (χ4n) is 1.78. The monoisotopic (exact) mass is 334 g/mol. The Bertz CT molecular complexity index is 750. The first-order chi connectivity index (χ1) is 10.9. The maximum absolute atomic E-state index is 12.2. The summed E-state index contributed by atoms with van der Waals surface area (Å²) in [6.45, 7) is 6.93. The number of halogens is 1. The first-order valence-electron chi connectivity index (χ1n) is 6.83. The lowest BCUT2D eigenvalue weighted by Crippen LogP contribution is -2.15. The summed E-state index contributed by atoms with van der Waals surface area (Å²) in [4.78, 5) is 24.0. The summed E-state index contributed by atoms with van der Waals surface area (Å²) in [6.07, 6.45) is 0. The van der Waals surface area contributed by atoms with Crippen LogP contribution in [-0.2, 0) is 9.53 Å². The van der Waals surface area contributed by atoms with E-state index in [2.05, 4.69) is 17.1 Å². The molecule has 0 fully saturated rings. The van der Waals surface area contributed by atoms with Gasteiger partial charge in [0.25, 0.3) is 5.91 Å². The van der Waals surface area contributed by atoms with Gasteiger partial charge in [0.2, 0.25) is 5.88 Å². The van der Waals surface area contributed by atoms with Crippen molar-refractivity contribution in [1.82, 2.24) is 5.16 Å². The number of nitrogens with zero attached hydrogens (tertiary/aromatic N) is 1. The van der Waals surface area contributed by atoms with Crippen molar-refractivity contribution in [1.29, 1.82) is 0 Å². The van der Waals surface area contributed by atoms with Crippen LogP contribution in [0.15, 0.2) is 40.9 Å². The Balaban J connectivity index is 2.48. The summed E-state index contributed by atoms with van der Waals surface area (Å²) >= 11 is 5.86. The van der Waals surface area contributed by atoms with Gasteiger partial charge in [-0.15, -0.1) is 0 Å². The molecular weight excluding hydrogens is 320 g/mol. The average Bonchev–Trinajstić information content (AvgIpc) is 2.91. The lowest BCUT2D eigenvalue weighted by molar-refractivity contribution is -0.112. The van der Waals surface area contributed by atoms with Crippen LogP contribution in [0, 0.1) is 0 Å². The molecule has 23 heavy (non-hydrogen) atoms. The summed E-state index contributed by atoms with van der Waals surface area (Å²) in [5, 5.41) is 6.87. The zero-order valence-electron chi connectivity index (χ0n) is 12.7. The number of carbonyl (C=O) groups is 2. The quantitative estimate of drug-likeness (QED) is 0.666. The SMILES string of the molecule is C=C(C)C(=O)Nc1onc(-c2ccc(Cl)cc2)c1C(=O)OCC. The summed E-state index contributed by atoms with van der Waals surface area (Å²) in [6, 6.07) is 6.69. The molecule has 0 aliphatic heterocycles. The van der Waals surface area contributed by atoms with Crippen molar-refractivity contribution in [2.75, 3.05) is 11.9 Å². The lowest BCUT2D eigenvalue weighted by Gasteiger charge is -2.05. The molecule has 0 bridgehead atoms. The molecule has 0 saturated heterocycles. The minimum Gasteiger partial charge on any atom is -0.462 e. The normalized spacial score (nSPS) is 10.2. The first kappa shape index (κ1) is 16.8. The van der Waals surface area contributed by atoms with E-state index in [0.717, 1.165) is 0 Å². The highest BCUT2D eigenvalue weighted by Gasteiger charge is 2.26. The fraction of sp³-hybridized carbons (Fsp3) is 0.188. The zero-order valence-corrected chi connectivity index (χ0v) is 13.4. The molecule has 7 heteroatoms. The maximum Gasteiger partial charge on any atom is 0.346 e. The lowest BCUT2D eigenvalue weighted by atomic mass is 10.1. The molecule has 1 aromatic carbocycles. The Morgan fingerprint density at radius 2 is 2.00 bits per heavy atom. The van der Waals surface area contributed by atoms with Crippen LogP contribution in [0.4, 0.5) is 5.88 Å². The van der Waals surface area contributed by atoms with Crippen molar-refractivity contribution in [2.24, 2.45) is 0 Å². The van der Waals surface area contributed by atoms with Crippen molar-refractivity contribution in [3.8, 4) is 11.3 Å². The minimum atomic E-state index is -0.643. The van der Waals surface area contributed by atoms with Gasteiger partial charge in [0.05, 0.1) is 6.61 Å². The number of rotatable bonds is 5. The van der Waals surface area contributed by atoms with Crippen LogP contribution in [0.1, 0.15) is 24.2 Å². The van der Waals surface area contributed by atoms with Crippen molar-refractivity contribution >= 4 is 29.4 Å². The van der Waals surface area contributed by atoms with Crippen LogP contribution < -0.4 is 5.32 Å². The molecule has 0 saturated carbocycles. The molecule has 6 nitrogen and oxygen atoms in total. The number of aromatic nitrogens is 1. The number of nitrogens with one attached hydrogen (secondary N) is 1. The third-order valence-corrected chi connectivity index (χ3v) is 3.16.